The van der Waals surface area contributed by atoms with E-state index < -0.39 is 6.10 Å². The van der Waals surface area contributed by atoms with E-state index in [9.17, 15) is 14.3 Å². The van der Waals surface area contributed by atoms with E-state index in [0.29, 0.717) is 10.6 Å². The number of aryl methyl sites for hydroxylation is 1. The number of carbonyl (C=O) groups is 1. The molecule has 0 aliphatic rings. The number of halogens is 1. The molecule has 1 atom stereocenters. The number of carbonyl (C=O) groups excluding carboxylic acids is 1. The summed E-state index contributed by atoms with van der Waals surface area (Å²) < 4.78 is 12.9. The van der Waals surface area contributed by atoms with Crippen LogP contribution in [0.3, 0.4) is 0 Å². The van der Waals surface area contributed by atoms with E-state index >= 15 is 0 Å². The lowest BCUT2D eigenvalue weighted by Gasteiger charge is -2.26. The van der Waals surface area contributed by atoms with Gasteiger partial charge in [0.2, 0.25) is 0 Å². The zero-order valence-corrected chi connectivity index (χ0v) is 16.9. The molecule has 0 saturated heterocycles. The average molecular weight is 391 g/mol. The van der Waals surface area contributed by atoms with Crippen LogP contribution in [0, 0.1) is 11.2 Å². The number of nitrogens with zero attached hydrogens (tertiary/aromatic N) is 1. The lowest BCUT2D eigenvalue weighted by Crippen LogP contribution is -2.39. The van der Waals surface area contributed by atoms with Crippen molar-refractivity contribution in [3.63, 3.8) is 0 Å². The standard InChI is InChI=1S/C21H27FN2O2S/c1-21(2,3)18(25)14-24-19(26)17-7-4-12-23-20(17)27-13-5-6-15-8-10-16(22)11-9-15/h4,7-12,18,25H,5-6,13-14H2,1-3H3,(H,24,26). The molecule has 4 nitrogen and oxygen atoms in total. The van der Waals surface area contributed by atoms with Crippen LogP contribution < -0.4 is 5.32 Å². The van der Waals surface area contributed by atoms with Crippen molar-refractivity contribution < 1.29 is 14.3 Å². The van der Waals surface area contributed by atoms with E-state index in [0.717, 1.165) is 24.2 Å². The summed E-state index contributed by atoms with van der Waals surface area (Å²) in [6.07, 6.45) is 2.80. The number of pyridine rings is 1. The lowest BCUT2D eigenvalue weighted by molar-refractivity contribution is 0.0586. The predicted molar refractivity (Wildman–Crippen MR) is 107 cm³/mol. The molecule has 27 heavy (non-hydrogen) atoms. The molecule has 2 rings (SSSR count). The van der Waals surface area contributed by atoms with Crippen LogP contribution in [0.1, 0.15) is 43.1 Å². The highest BCUT2D eigenvalue weighted by Gasteiger charge is 2.23. The van der Waals surface area contributed by atoms with Crippen molar-refractivity contribution in [1.82, 2.24) is 10.3 Å². The third kappa shape index (κ3) is 6.96. The van der Waals surface area contributed by atoms with Crippen LogP contribution in [0.5, 0.6) is 0 Å². The first-order chi connectivity index (χ1) is 12.8. The van der Waals surface area contributed by atoms with Gasteiger partial charge >= 0.3 is 0 Å². The Labute approximate surface area is 164 Å². The van der Waals surface area contributed by atoms with Crippen LogP contribution in [0.15, 0.2) is 47.6 Å². The number of thioether (sulfide) groups is 1. The minimum absolute atomic E-state index is 0.200. The van der Waals surface area contributed by atoms with Gasteiger partial charge in [0.1, 0.15) is 10.8 Å². The first kappa shape index (κ1) is 21.4. The molecule has 6 heteroatoms. The number of aromatic nitrogens is 1. The average Bonchev–Trinajstić information content (AvgIpc) is 2.64. The second-order valence-corrected chi connectivity index (χ2v) is 8.61. The van der Waals surface area contributed by atoms with Gasteiger partial charge in [-0.1, -0.05) is 32.9 Å². The molecule has 1 aromatic carbocycles. The second kappa shape index (κ2) is 9.85. The van der Waals surface area contributed by atoms with Crippen LogP contribution in [0.4, 0.5) is 4.39 Å². The molecule has 1 unspecified atom stereocenters. The zero-order chi connectivity index (χ0) is 19.9. The SMILES string of the molecule is CC(C)(C)C(O)CNC(=O)c1cccnc1SCCCc1ccc(F)cc1. The highest BCUT2D eigenvalue weighted by atomic mass is 32.2. The fraction of sp³-hybridized carbons (Fsp3) is 0.429. The molecule has 2 N–H and O–H groups in total. The topological polar surface area (TPSA) is 62.2 Å². The monoisotopic (exact) mass is 390 g/mol. The Morgan fingerprint density at radius 2 is 1.96 bits per heavy atom. The van der Waals surface area contributed by atoms with Gasteiger partial charge in [-0.05, 0) is 53.8 Å². The molecule has 146 valence electrons. The number of hydrogen-bond donors (Lipinski definition) is 2. The van der Waals surface area contributed by atoms with Gasteiger partial charge < -0.3 is 10.4 Å². The summed E-state index contributed by atoms with van der Waals surface area (Å²) in [5.74, 6) is 0.348. The number of hydrogen-bond acceptors (Lipinski definition) is 4. The zero-order valence-electron chi connectivity index (χ0n) is 16.0. The predicted octanol–water partition coefficient (Wildman–Crippen LogP) is 4.08. The molecule has 0 aliphatic carbocycles. The number of nitrogens with one attached hydrogen (secondary N) is 1. The van der Waals surface area contributed by atoms with Crippen LogP contribution in [-0.4, -0.2) is 34.4 Å². The quantitative estimate of drug-likeness (QED) is 0.527. The molecule has 0 bridgehead atoms. The van der Waals surface area contributed by atoms with Crippen LogP contribution >= 0.6 is 11.8 Å². The maximum atomic E-state index is 12.9. The van der Waals surface area contributed by atoms with Gasteiger partial charge in [-0.15, -0.1) is 11.8 Å². The van der Waals surface area contributed by atoms with Crippen molar-refractivity contribution in [1.29, 1.82) is 0 Å². The Morgan fingerprint density at radius 1 is 1.26 bits per heavy atom. The molecule has 0 saturated carbocycles. The summed E-state index contributed by atoms with van der Waals surface area (Å²) in [6.45, 7) is 5.98. The van der Waals surface area contributed by atoms with E-state index in [4.69, 9.17) is 0 Å². The number of aliphatic hydroxyl groups excluding tert-OH is 1. The van der Waals surface area contributed by atoms with Crippen molar-refractivity contribution in [3.05, 3.63) is 59.5 Å². The fourth-order valence-corrected chi connectivity index (χ4v) is 3.30. The van der Waals surface area contributed by atoms with E-state index in [1.54, 1.807) is 30.5 Å². The van der Waals surface area contributed by atoms with Crippen molar-refractivity contribution in [2.24, 2.45) is 5.41 Å². The first-order valence-electron chi connectivity index (χ1n) is 9.06. The smallest absolute Gasteiger partial charge is 0.254 e. The van der Waals surface area contributed by atoms with Gasteiger partial charge in [-0.25, -0.2) is 9.37 Å². The highest BCUT2D eigenvalue weighted by Crippen LogP contribution is 2.22. The molecule has 1 amide bonds. The molecule has 0 spiro atoms. The summed E-state index contributed by atoms with van der Waals surface area (Å²) in [6, 6.07) is 10.00. The van der Waals surface area contributed by atoms with E-state index in [1.807, 2.05) is 20.8 Å². The van der Waals surface area contributed by atoms with Crippen LogP contribution in [0.2, 0.25) is 0 Å². The molecule has 0 radical (unpaired) electrons. The largest absolute Gasteiger partial charge is 0.391 e. The van der Waals surface area contributed by atoms with Gasteiger partial charge in [0.25, 0.3) is 5.91 Å². The second-order valence-electron chi connectivity index (χ2n) is 7.53. The number of rotatable bonds is 8. The summed E-state index contributed by atoms with van der Waals surface area (Å²) >= 11 is 1.53. The summed E-state index contributed by atoms with van der Waals surface area (Å²) in [7, 11) is 0. The van der Waals surface area contributed by atoms with Crippen molar-refractivity contribution in [2.75, 3.05) is 12.3 Å². The van der Waals surface area contributed by atoms with Crippen molar-refractivity contribution in [2.45, 2.75) is 44.7 Å². The number of aliphatic hydroxyl groups is 1. The molecular weight excluding hydrogens is 363 g/mol. The molecule has 2 aromatic rings. The Kier molecular flexibility index (Phi) is 7.80. The fourth-order valence-electron chi connectivity index (χ4n) is 2.37. The summed E-state index contributed by atoms with van der Waals surface area (Å²) in [5, 5.41) is 13.6. The first-order valence-corrected chi connectivity index (χ1v) is 10.0. The van der Waals surface area contributed by atoms with Crippen molar-refractivity contribution in [3.8, 4) is 0 Å². The maximum Gasteiger partial charge on any atom is 0.254 e. The van der Waals surface area contributed by atoms with Gasteiger partial charge in [0.05, 0.1) is 11.7 Å². The Bertz CT molecular complexity index is 745. The summed E-state index contributed by atoms with van der Waals surface area (Å²) in [4.78, 5) is 16.8. The van der Waals surface area contributed by atoms with Gasteiger partial charge in [-0.3, -0.25) is 4.79 Å². The lowest BCUT2D eigenvalue weighted by atomic mass is 9.89. The van der Waals surface area contributed by atoms with E-state index in [-0.39, 0.29) is 23.7 Å². The third-order valence-electron chi connectivity index (χ3n) is 4.23. The Hall–Kier alpha value is -1.92. The van der Waals surface area contributed by atoms with Crippen LogP contribution in [0.25, 0.3) is 0 Å². The van der Waals surface area contributed by atoms with Gasteiger partial charge in [-0.2, -0.15) is 0 Å². The molecule has 0 aliphatic heterocycles. The van der Waals surface area contributed by atoms with Crippen LogP contribution in [-0.2, 0) is 6.42 Å². The van der Waals surface area contributed by atoms with E-state index in [1.165, 1.54) is 23.9 Å². The Balaban J connectivity index is 1.87. The molecular formula is C21H27FN2O2S. The normalized spacial score (nSPS) is 12.6. The molecule has 1 heterocycles. The van der Waals surface area contributed by atoms with Crippen molar-refractivity contribution >= 4 is 17.7 Å². The molecule has 1 aromatic heterocycles. The third-order valence-corrected chi connectivity index (χ3v) is 5.32. The maximum absolute atomic E-state index is 12.9. The number of benzene rings is 1. The minimum atomic E-state index is -0.620. The van der Waals surface area contributed by atoms with Gasteiger partial charge in [0, 0.05) is 12.7 Å². The molecule has 0 fully saturated rings. The minimum Gasteiger partial charge on any atom is -0.391 e. The highest BCUT2D eigenvalue weighted by molar-refractivity contribution is 7.99. The number of amides is 1. The summed E-state index contributed by atoms with van der Waals surface area (Å²) in [5.41, 5.74) is 1.32. The van der Waals surface area contributed by atoms with Gasteiger partial charge in [0.15, 0.2) is 0 Å². The van der Waals surface area contributed by atoms with E-state index in [2.05, 4.69) is 10.3 Å². The Morgan fingerprint density at radius 3 is 2.63 bits per heavy atom.